The molecule has 0 bridgehead atoms. The van der Waals surface area contributed by atoms with Gasteiger partial charge in [-0.1, -0.05) is 67.9 Å². The van der Waals surface area contributed by atoms with Gasteiger partial charge in [0.15, 0.2) is 0 Å². The Morgan fingerprint density at radius 1 is 1.02 bits per heavy atom. The smallest absolute Gasteiger partial charge is 0.236 e. The minimum Gasteiger partial charge on any atom is -0.376 e. The zero-order valence-electron chi connectivity index (χ0n) is 24.8. The van der Waals surface area contributed by atoms with Gasteiger partial charge in [-0.2, -0.15) is 0 Å². The molecule has 41 heavy (non-hydrogen) atoms. The molecular weight excluding hydrogens is 534 g/mol. The van der Waals surface area contributed by atoms with Crippen LogP contribution in [0.4, 0.5) is 0 Å². The molecule has 2 amide bonds. The number of hydrogen-bond donors (Lipinski definition) is 0. The number of nitrogens with zero attached hydrogens (tertiary/aromatic N) is 3. The fourth-order valence-corrected chi connectivity index (χ4v) is 7.09. The average Bonchev–Trinajstić information content (AvgIpc) is 2.97. The van der Waals surface area contributed by atoms with Gasteiger partial charge in [-0.25, -0.2) is 0 Å². The van der Waals surface area contributed by atoms with Crippen LogP contribution in [0.1, 0.15) is 57.1 Å². The highest BCUT2D eigenvalue weighted by molar-refractivity contribution is 6.30. The molecule has 0 aliphatic carbocycles. The van der Waals surface area contributed by atoms with Crippen molar-refractivity contribution in [2.45, 2.75) is 65.0 Å². The molecule has 3 saturated heterocycles. The standard InChI is InChI=1S/C34H46ClN3O3/c1-26(2)24-41-31-20-34(33(40)38(22-31)21-29-9-11-30(35)12-10-29)15-6-16-36(25-34)23-32(39)37-17-13-28(14-18-37)19-27-7-4-3-5-8-27/h3-5,7-12,26,28,31H,6,13-25H2,1-2H3/t31-,34+/m0/s1. The first-order chi connectivity index (χ1) is 19.8. The van der Waals surface area contributed by atoms with Crippen LogP contribution >= 0.6 is 11.6 Å². The molecule has 3 aliphatic rings. The van der Waals surface area contributed by atoms with Crippen molar-refractivity contribution in [1.29, 1.82) is 0 Å². The molecule has 0 saturated carbocycles. The van der Waals surface area contributed by atoms with Crippen molar-refractivity contribution in [2.24, 2.45) is 17.3 Å². The molecule has 0 aromatic heterocycles. The second-order valence-corrected chi connectivity index (χ2v) is 13.4. The van der Waals surface area contributed by atoms with E-state index in [0.717, 1.165) is 63.7 Å². The minimum absolute atomic E-state index is 0.00157. The first-order valence-electron chi connectivity index (χ1n) is 15.5. The van der Waals surface area contributed by atoms with E-state index in [0.29, 0.717) is 49.6 Å². The van der Waals surface area contributed by atoms with Crippen molar-refractivity contribution in [1.82, 2.24) is 14.7 Å². The van der Waals surface area contributed by atoms with E-state index < -0.39 is 5.41 Å². The largest absolute Gasteiger partial charge is 0.376 e. The average molecular weight is 580 g/mol. The molecule has 0 N–H and O–H groups in total. The maximum absolute atomic E-state index is 14.1. The summed E-state index contributed by atoms with van der Waals surface area (Å²) in [6.45, 7) is 9.70. The summed E-state index contributed by atoms with van der Waals surface area (Å²) < 4.78 is 6.36. The molecule has 0 radical (unpaired) electrons. The number of rotatable bonds is 9. The van der Waals surface area contributed by atoms with Gasteiger partial charge in [0.2, 0.25) is 11.8 Å². The summed E-state index contributed by atoms with van der Waals surface area (Å²) in [4.78, 5) is 33.8. The van der Waals surface area contributed by atoms with Crippen LogP contribution in [0.15, 0.2) is 54.6 Å². The molecule has 2 aromatic carbocycles. The number of likely N-dealkylation sites (tertiary alicyclic amines) is 3. The van der Waals surface area contributed by atoms with Crippen LogP contribution in [0.5, 0.6) is 0 Å². The third-order valence-electron chi connectivity index (χ3n) is 9.08. The van der Waals surface area contributed by atoms with Crippen LogP contribution < -0.4 is 0 Å². The van der Waals surface area contributed by atoms with E-state index in [9.17, 15) is 9.59 Å². The third-order valence-corrected chi connectivity index (χ3v) is 9.34. The predicted octanol–water partition coefficient (Wildman–Crippen LogP) is 5.68. The van der Waals surface area contributed by atoms with Crippen LogP contribution in [0.2, 0.25) is 5.02 Å². The number of amides is 2. The monoisotopic (exact) mass is 579 g/mol. The molecule has 6 nitrogen and oxygen atoms in total. The van der Waals surface area contributed by atoms with Crippen LogP contribution in [0.3, 0.4) is 0 Å². The van der Waals surface area contributed by atoms with Gasteiger partial charge in [0.05, 0.1) is 18.1 Å². The highest BCUT2D eigenvalue weighted by Gasteiger charge is 2.50. The summed E-state index contributed by atoms with van der Waals surface area (Å²) in [5.74, 6) is 1.48. The van der Waals surface area contributed by atoms with Crippen LogP contribution in [-0.4, -0.2) is 78.5 Å². The van der Waals surface area contributed by atoms with E-state index in [4.69, 9.17) is 16.3 Å². The normalized spacial score (nSPS) is 24.4. The van der Waals surface area contributed by atoms with Crippen LogP contribution in [0.25, 0.3) is 0 Å². The van der Waals surface area contributed by atoms with Crippen molar-refractivity contribution in [3.8, 4) is 0 Å². The second-order valence-electron chi connectivity index (χ2n) is 13.0. The number of carbonyl (C=O) groups excluding carboxylic acids is 2. The Labute approximate surface area is 251 Å². The zero-order chi connectivity index (χ0) is 28.8. The molecule has 2 aromatic rings. The molecule has 3 aliphatic heterocycles. The summed E-state index contributed by atoms with van der Waals surface area (Å²) in [7, 11) is 0. The topological polar surface area (TPSA) is 53.1 Å². The molecule has 1 spiro atoms. The number of halogens is 1. The minimum atomic E-state index is -0.506. The third kappa shape index (κ3) is 7.91. The summed E-state index contributed by atoms with van der Waals surface area (Å²) in [5, 5.41) is 0.696. The number of ether oxygens (including phenoxy) is 1. The lowest BCUT2D eigenvalue weighted by molar-refractivity contribution is -0.162. The highest BCUT2D eigenvalue weighted by atomic mass is 35.5. The van der Waals surface area contributed by atoms with Crippen molar-refractivity contribution in [2.75, 3.05) is 45.9 Å². The van der Waals surface area contributed by atoms with Gasteiger partial charge >= 0.3 is 0 Å². The Morgan fingerprint density at radius 3 is 2.46 bits per heavy atom. The lowest BCUT2D eigenvalue weighted by Crippen LogP contribution is -2.60. The Balaban J connectivity index is 1.21. The number of piperidine rings is 3. The van der Waals surface area contributed by atoms with E-state index in [2.05, 4.69) is 49.1 Å². The van der Waals surface area contributed by atoms with E-state index in [1.54, 1.807) is 0 Å². The van der Waals surface area contributed by atoms with Gasteiger partial charge < -0.3 is 14.5 Å². The quantitative estimate of drug-likeness (QED) is 0.384. The Hall–Kier alpha value is -2.41. The van der Waals surface area contributed by atoms with Crippen LogP contribution in [0, 0.1) is 17.3 Å². The predicted molar refractivity (Wildman–Crippen MR) is 164 cm³/mol. The second kappa shape index (κ2) is 13.7. The molecular formula is C34H46ClN3O3. The number of hydrogen-bond acceptors (Lipinski definition) is 4. The lowest BCUT2D eigenvalue weighted by Gasteiger charge is -2.49. The fraction of sp³-hybridized carbons (Fsp3) is 0.588. The first kappa shape index (κ1) is 30.1. The summed E-state index contributed by atoms with van der Waals surface area (Å²) in [6, 6.07) is 18.4. The molecule has 0 unspecified atom stereocenters. The van der Waals surface area contributed by atoms with E-state index >= 15 is 0 Å². The Bertz CT molecular complexity index is 1150. The van der Waals surface area contributed by atoms with E-state index in [1.807, 2.05) is 34.1 Å². The lowest BCUT2D eigenvalue weighted by atomic mass is 9.72. The SMILES string of the molecule is CC(C)CO[C@@H]1CN(Cc2ccc(Cl)cc2)C(=O)[C@]2(CCCN(CC(=O)N3CCC(Cc4ccccc4)CC3)C2)C1. The molecule has 222 valence electrons. The van der Waals surface area contributed by atoms with E-state index in [1.165, 1.54) is 5.56 Å². The zero-order valence-corrected chi connectivity index (χ0v) is 25.5. The first-order valence-corrected chi connectivity index (χ1v) is 15.9. The summed E-state index contributed by atoms with van der Waals surface area (Å²) >= 11 is 6.11. The van der Waals surface area contributed by atoms with Crippen molar-refractivity contribution in [3.63, 3.8) is 0 Å². The summed E-state index contributed by atoms with van der Waals surface area (Å²) in [6.07, 6.45) is 5.69. The highest BCUT2D eigenvalue weighted by Crippen LogP contribution is 2.41. The van der Waals surface area contributed by atoms with Gasteiger partial charge in [0, 0.05) is 44.4 Å². The molecule has 2 atom stereocenters. The van der Waals surface area contributed by atoms with Gasteiger partial charge in [-0.05, 0) is 80.2 Å². The van der Waals surface area contributed by atoms with Crippen molar-refractivity contribution in [3.05, 3.63) is 70.7 Å². The number of carbonyl (C=O) groups is 2. The molecule has 3 heterocycles. The Kier molecular flexibility index (Phi) is 10.1. The van der Waals surface area contributed by atoms with Gasteiger partial charge in [0.25, 0.3) is 0 Å². The van der Waals surface area contributed by atoms with Gasteiger partial charge in [0.1, 0.15) is 0 Å². The molecule has 5 rings (SSSR count). The van der Waals surface area contributed by atoms with Crippen molar-refractivity contribution >= 4 is 23.4 Å². The van der Waals surface area contributed by atoms with E-state index in [-0.39, 0.29) is 17.9 Å². The maximum Gasteiger partial charge on any atom is 0.236 e. The number of benzene rings is 2. The maximum atomic E-state index is 14.1. The van der Waals surface area contributed by atoms with Crippen molar-refractivity contribution < 1.29 is 14.3 Å². The molecule has 7 heteroatoms. The Morgan fingerprint density at radius 2 is 1.76 bits per heavy atom. The summed E-state index contributed by atoms with van der Waals surface area (Å²) in [5.41, 5.74) is 1.95. The fourth-order valence-electron chi connectivity index (χ4n) is 6.97. The molecule has 3 fully saturated rings. The van der Waals surface area contributed by atoms with Gasteiger partial charge in [-0.15, -0.1) is 0 Å². The van der Waals surface area contributed by atoms with Crippen LogP contribution in [-0.2, 0) is 27.3 Å². The van der Waals surface area contributed by atoms with Gasteiger partial charge in [-0.3, -0.25) is 14.5 Å².